The molecule has 0 atom stereocenters. The summed E-state index contributed by atoms with van der Waals surface area (Å²) in [4.78, 5) is 18.4. The van der Waals surface area contributed by atoms with E-state index < -0.39 is 5.97 Å². The number of hydrogen-bond acceptors (Lipinski definition) is 2. The van der Waals surface area contributed by atoms with Gasteiger partial charge in [0.25, 0.3) is 0 Å². The number of imidazole rings is 1. The van der Waals surface area contributed by atoms with Crippen LogP contribution in [0.4, 0.5) is 0 Å². The van der Waals surface area contributed by atoms with E-state index >= 15 is 0 Å². The van der Waals surface area contributed by atoms with Gasteiger partial charge in [0.05, 0.1) is 12.1 Å². The first-order valence-corrected chi connectivity index (χ1v) is 5.79. The molecule has 88 valence electrons. The molecule has 4 heteroatoms. The highest BCUT2D eigenvalue weighted by molar-refractivity contribution is 5.67. The summed E-state index contributed by atoms with van der Waals surface area (Å²) in [6.07, 6.45) is 4.30. The third-order valence-corrected chi connectivity index (χ3v) is 3.59. The predicted molar refractivity (Wildman–Crippen MR) is 60.5 cm³/mol. The van der Waals surface area contributed by atoms with Crippen molar-refractivity contribution < 1.29 is 9.90 Å². The second-order valence-corrected chi connectivity index (χ2v) is 4.97. The highest BCUT2D eigenvalue weighted by Crippen LogP contribution is 2.41. The Morgan fingerprint density at radius 2 is 2.25 bits per heavy atom. The molecule has 0 radical (unpaired) electrons. The Balaban J connectivity index is 2.12. The average Bonchev–Trinajstić information content (AvgIpc) is 2.53. The summed E-state index contributed by atoms with van der Waals surface area (Å²) in [5.74, 6) is 0.274. The van der Waals surface area contributed by atoms with Gasteiger partial charge in [-0.3, -0.25) is 4.79 Å². The maximum absolute atomic E-state index is 10.5. The molecule has 1 aromatic heterocycles. The number of aryl methyl sites for hydroxylation is 2. The van der Waals surface area contributed by atoms with E-state index in [2.05, 4.69) is 16.9 Å². The van der Waals surface area contributed by atoms with Crippen LogP contribution in [0.5, 0.6) is 0 Å². The van der Waals surface area contributed by atoms with Gasteiger partial charge in [-0.05, 0) is 19.8 Å². The Morgan fingerprint density at radius 3 is 2.75 bits per heavy atom. The molecule has 1 fully saturated rings. The number of aromatic nitrogens is 2. The SMILES string of the molecule is Cc1[nH]c(C2(C)CCC2)nc1CCC(=O)O. The van der Waals surface area contributed by atoms with Gasteiger partial charge in [0.2, 0.25) is 0 Å². The topological polar surface area (TPSA) is 66.0 Å². The quantitative estimate of drug-likeness (QED) is 0.820. The molecule has 1 aliphatic carbocycles. The lowest BCUT2D eigenvalue weighted by Gasteiger charge is -2.36. The molecule has 4 nitrogen and oxygen atoms in total. The van der Waals surface area contributed by atoms with Crippen molar-refractivity contribution >= 4 is 5.97 Å². The van der Waals surface area contributed by atoms with Gasteiger partial charge in [-0.25, -0.2) is 4.98 Å². The van der Waals surface area contributed by atoms with Gasteiger partial charge in [0.1, 0.15) is 5.82 Å². The largest absolute Gasteiger partial charge is 0.481 e. The minimum absolute atomic E-state index is 0.155. The van der Waals surface area contributed by atoms with Gasteiger partial charge in [-0.15, -0.1) is 0 Å². The van der Waals surface area contributed by atoms with E-state index in [9.17, 15) is 4.79 Å². The first-order valence-electron chi connectivity index (χ1n) is 5.79. The maximum atomic E-state index is 10.5. The van der Waals surface area contributed by atoms with E-state index in [1.165, 1.54) is 19.3 Å². The summed E-state index contributed by atoms with van der Waals surface area (Å²) in [5.41, 5.74) is 2.13. The van der Waals surface area contributed by atoms with Crippen molar-refractivity contribution in [3.8, 4) is 0 Å². The van der Waals surface area contributed by atoms with Crippen LogP contribution in [0.1, 0.15) is 49.8 Å². The fourth-order valence-corrected chi connectivity index (χ4v) is 2.20. The smallest absolute Gasteiger partial charge is 0.303 e. The minimum atomic E-state index is -0.765. The van der Waals surface area contributed by atoms with Crippen molar-refractivity contribution in [2.45, 2.75) is 51.4 Å². The van der Waals surface area contributed by atoms with E-state index in [0.717, 1.165) is 17.2 Å². The number of rotatable bonds is 4. The van der Waals surface area contributed by atoms with Crippen LogP contribution in [-0.2, 0) is 16.6 Å². The molecule has 0 saturated heterocycles. The van der Waals surface area contributed by atoms with Crippen LogP contribution in [-0.4, -0.2) is 21.0 Å². The number of carboxylic acids is 1. The zero-order chi connectivity index (χ0) is 11.8. The van der Waals surface area contributed by atoms with E-state index in [1.54, 1.807) is 0 Å². The van der Waals surface area contributed by atoms with E-state index in [1.807, 2.05) is 6.92 Å². The maximum Gasteiger partial charge on any atom is 0.303 e. The molecule has 2 N–H and O–H groups in total. The van der Waals surface area contributed by atoms with Crippen LogP contribution in [0, 0.1) is 6.92 Å². The highest BCUT2D eigenvalue weighted by atomic mass is 16.4. The first kappa shape index (κ1) is 11.2. The second-order valence-electron chi connectivity index (χ2n) is 4.97. The van der Waals surface area contributed by atoms with Crippen LogP contribution >= 0.6 is 0 Å². The van der Waals surface area contributed by atoms with Gasteiger partial charge in [-0.1, -0.05) is 13.3 Å². The van der Waals surface area contributed by atoms with Crippen LogP contribution in [0.3, 0.4) is 0 Å². The molecular weight excluding hydrogens is 204 g/mol. The number of hydrogen-bond donors (Lipinski definition) is 2. The second kappa shape index (κ2) is 3.92. The van der Waals surface area contributed by atoms with Gasteiger partial charge < -0.3 is 10.1 Å². The summed E-state index contributed by atoms with van der Waals surface area (Å²) in [5, 5.41) is 8.65. The summed E-state index contributed by atoms with van der Waals surface area (Å²) in [7, 11) is 0. The molecule has 0 bridgehead atoms. The average molecular weight is 222 g/mol. The lowest BCUT2D eigenvalue weighted by Crippen LogP contribution is -2.31. The molecule has 0 amide bonds. The van der Waals surface area contributed by atoms with E-state index in [4.69, 9.17) is 5.11 Å². The number of aromatic amines is 1. The molecule has 2 rings (SSSR count). The van der Waals surface area contributed by atoms with Crippen molar-refractivity contribution in [2.24, 2.45) is 0 Å². The number of nitrogens with one attached hydrogen (secondary N) is 1. The molecule has 16 heavy (non-hydrogen) atoms. The lowest BCUT2D eigenvalue weighted by molar-refractivity contribution is -0.136. The summed E-state index contributed by atoms with van der Waals surface area (Å²) in [6.45, 7) is 4.19. The normalized spacial score (nSPS) is 18.1. The number of nitrogens with zero attached hydrogens (tertiary/aromatic N) is 1. The van der Waals surface area contributed by atoms with Crippen LogP contribution < -0.4 is 0 Å². The van der Waals surface area contributed by atoms with Crippen LogP contribution in [0.25, 0.3) is 0 Å². The molecule has 1 aromatic rings. The van der Waals surface area contributed by atoms with Crippen molar-refractivity contribution in [2.75, 3.05) is 0 Å². The number of carbonyl (C=O) groups is 1. The predicted octanol–water partition coefficient (Wildman–Crippen LogP) is 2.18. The van der Waals surface area contributed by atoms with Crippen molar-refractivity contribution in [3.63, 3.8) is 0 Å². The van der Waals surface area contributed by atoms with Gasteiger partial charge >= 0.3 is 5.97 Å². The van der Waals surface area contributed by atoms with Crippen molar-refractivity contribution in [3.05, 3.63) is 17.2 Å². The molecule has 1 aliphatic rings. The zero-order valence-electron chi connectivity index (χ0n) is 9.84. The molecule has 1 heterocycles. The Kier molecular flexibility index (Phi) is 2.74. The lowest BCUT2D eigenvalue weighted by atomic mass is 9.70. The molecule has 0 aromatic carbocycles. The number of aliphatic carboxylic acids is 1. The fraction of sp³-hybridized carbons (Fsp3) is 0.667. The molecular formula is C12H18N2O2. The van der Waals surface area contributed by atoms with Crippen molar-refractivity contribution in [1.29, 1.82) is 0 Å². The monoisotopic (exact) mass is 222 g/mol. The molecule has 0 aliphatic heterocycles. The fourth-order valence-electron chi connectivity index (χ4n) is 2.20. The van der Waals surface area contributed by atoms with Gasteiger partial charge in [-0.2, -0.15) is 0 Å². The summed E-state index contributed by atoms with van der Waals surface area (Å²) < 4.78 is 0. The van der Waals surface area contributed by atoms with E-state index in [-0.39, 0.29) is 11.8 Å². The Bertz CT molecular complexity index is 405. The Hall–Kier alpha value is -1.32. The third kappa shape index (κ3) is 1.96. The van der Waals surface area contributed by atoms with E-state index in [0.29, 0.717) is 6.42 Å². The summed E-state index contributed by atoms with van der Waals surface area (Å²) >= 11 is 0. The van der Waals surface area contributed by atoms with Crippen LogP contribution in [0.15, 0.2) is 0 Å². The summed E-state index contributed by atoms with van der Waals surface area (Å²) in [6, 6.07) is 0. The molecule has 0 unspecified atom stereocenters. The Labute approximate surface area is 95.1 Å². The van der Waals surface area contributed by atoms with Gasteiger partial charge in [0.15, 0.2) is 0 Å². The molecule has 0 spiro atoms. The molecule has 1 saturated carbocycles. The Morgan fingerprint density at radius 1 is 1.56 bits per heavy atom. The first-order chi connectivity index (χ1) is 7.51. The van der Waals surface area contributed by atoms with Gasteiger partial charge in [0, 0.05) is 17.5 Å². The number of H-pyrrole nitrogens is 1. The third-order valence-electron chi connectivity index (χ3n) is 3.59. The highest BCUT2D eigenvalue weighted by Gasteiger charge is 2.36. The zero-order valence-corrected chi connectivity index (χ0v) is 9.84. The minimum Gasteiger partial charge on any atom is -0.481 e. The van der Waals surface area contributed by atoms with Crippen LogP contribution in [0.2, 0.25) is 0 Å². The standard InChI is InChI=1S/C12H18N2O2/c1-8-9(4-5-10(15)16)14-11(13-8)12(2)6-3-7-12/h3-7H2,1-2H3,(H,13,14)(H,15,16). The number of carboxylic acid groups (broad SMARTS) is 1. The van der Waals surface area contributed by atoms with Crippen molar-refractivity contribution in [1.82, 2.24) is 9.97 Å².